The number of aromatic nitrogens is 1. The summed E-state index contributed by atoms with van der Waals surface area (Å²) in [6.07, 6.45) is 1.01. The molecule has 1 amide bonds. The van der Waals surface area contributed by atoms with Crippen LogP contribution in [0.25, 0.3) is 33.6 Å². The number of Topliss-reactive ketones (excluding diaryl/α,β-unsaturated/α-hetero) is 1. The molecule has 6 rings (SSSR count). The van der Waals surface area contributed by atoms with Gasteiger partial charge in [-0.2, -0.15) is 0 Å². The van der Waals surface area contributed by atoms with Crippen molar-refractivity contribution < 1.29 is 19.1 Å². The number of carbonyl (C=O) groups is 2. The van der Waals surface area contributed by atoms with Crippen molar-refractivity contribution in [1.82, 2.24) is 4.98 Å². The molecular formula is C38H33ClN2O4. The number of carbonyl (C=O) groups excluding carboxylic acids is 2. The number of hydrogen-bond acceptors (Lipinski definition) is 5. The molecule has 0 aliphatic carbocycles. The average molecular weight is 617 g/mol. The Morgan fingerprint density at radius 3 is 2.16 bits per heavy atom. The number of amides is 1. The zero-order valence-electron chi connectivity index (χ0n) is 25.4. The lowest BCUT2D eigenvalue weighted by Crippen LogP contribution is -2.42. The van der Waals surface area contributed by atoms with Gasteiger partial charge < -0.3 is 9.47 Å². The molecule has 2 heterocycles. The minimum atomic E-state index is -0.286. The third-order valence-electron chi connectivity index (χ3n) is 7.81. The van der Waals surface area contributed by atoms with E-state index in [-0.39, 0.29) is 24.8 Å². The van der Waals surface area contributed by atoms with Gasteiger partial charge in [0, 0.05) is 21.7 Å². The van der Waals surface area contributed by atoms with Crippen LogP contribution in [0, 0.1) is 5.92 Å². The maximum absolute atomic E-state index is 13.2. The number of fused-ring (bicyclic) bond motifs is 1. The van der Waals surface area contributed by atoms with E-state index in [1.165, 1.54) is 10.5 Å². The number of benzene rings is 4. The fourth-order valence-electron chi connectivity index (χ4n) is 5.46. The number of pyridine rings is 1. The smallest absolute Gasteiger partial charge is 0.265 e. The molecule has 0 atom stereocenters. The van der Waals surface area contributed by atoms with Crippen molar-refractivity contribution in [2.24, 2.45) is 5.92 Å². The van der Waals surface area contributed by atoms with Crippen LogP contribution in [0.1, 0.15) is 29.8 Å². The van der Waals surface area contributed by atoms with Gasteiger partial charge >= 0.3 is 0 Å². The lowest BCUT2D eigenvalue weighted by atomic mass is 9.98. The Balaban J connectivity index is 1.39. The van der Waals surface area contributed by atoms with E-state index >= 15 is 0 Å². The van der Waals surface area contributed by atoms with Gasteiger partial charge in [-0.1, -0.05) is 61.8 Å². The lowest BCUT2D eigenvalue weighted by molar-refractivity contribution is -0.121. The molecule has 1 aliphatic rings. The van der Waals surface area contributed by atoms with Gasteiger partial charge in [-0.05, 0) is 95.8 Å². The van der Waals surface area contributed by atoms with Gasteiger partial charge in [0.05, 0.1) is 30.7 Å². The van der Waals surface area contributed by atoms with E-state index in [0.29, 0.717) is 33.7 Å². The normalized spacial score (nSPS) is 12.6. The monoisotopic (exact) mass is 616 g/mol. The van der Waals surface area contributed by atoms with Crippen LogP contribution in [-0.2, 0) is 11.2 Å². The second kappa shape index (κ2) is 13.0. The Morgan fingerprint density at radius 1 is 0.844 bits per heavy atom. The van der Waals surface area contributed by atoms with Crippen molar-refractivity contribution in [3.8, 4) is 45.1 Å². The third-order valence-corrected chi connectivity index (χ3v) is 8.06. The Morgan fingerprint density at radius 2 is 1.49 bits per heavy atom. The van der Waals surface area contributed by atoms with Gasteiger partial charge in [-0.25, -0.2) is 4.98 Å². The topological polar surface area (TPSA) is 68.7 Å². The molecule has 1 aliphatic heterocycles. The first-order valence-corrected chi connectivity index (χ1v) is 15.3. The molecule has 0 spiro atoms. The molecule has 0 unspecified atom stereocenters. The lowest BCUT2D eigenvalue weighted by Gasteiger charge is -2.29. The van der Waals surface area contributed by atoms with E-state index in [9.17, 15) is 9.59 Å². The average Bonchev–Trinajstić information content (AvgIpc) is 3.06. The van der Waals surface area contributed by atoms with Crippen molar-refractivity contribution in [3.05, 3.63) is 119 Å². The van der Waals surface area contributed by atoms with Crippen LogP contribution in [0.3, 0.4) is 0 Å². The van der Waals surface area contributed by atoms with Crippen LogP contribution in [0.2, 0.25) is 5.02 Å². The summed E-state index contributed by atoms with van der Waals surface area (Å²) in [5.74, 6) is 1.29. The molecule has 226 valence electrons. The molecule has 5 aromatic rings. The number of anilines is 1. The number of rotatable bonds is 9. The van der Waals surface area contributed by atoms with E-state index in [4.69, 9.17) is 26.1 Å². The summed E-state index contributed by atoms with van der Waals surface area (Å²) >= 11 is 6.20. The SMILES string of the molecule is COc1ccc(C(=O)CN2C(=O)COc3ccc(-c4cc(-c5ccc(Cl)cc5)cc(-c5ccc(CC(C)C)cc5)n4)cc32)cc1. The summed E-state index contributed by atoms with van der Waals surface area (Å²) in [5.41, 5.74) is 7.64. The molecule has 6 nitrogen and oxygen atoms in total. The summed E-state index contributed by atoms with van der Waals surface area (Å²) in [6, 6.07) is 32.9. The van der Waals surface area contributed by atoms with Crippen molar-refractivity contribution in [1.29, 1.82) is 0 Å². The first-order chi connectivity index (χ1) is 21.8. The predicted molar refractivity (Wildman–Crippen MR) is 179 cm³/mol. The maximum atomic E-state index is 13.2. The third kappa shape index (κ3) is 6.76. The van der Waals surface area contributed by atoms with E-state index < -0.39 is 0 Å². The van der Waals surface area contributed by atoms with Crippen molar-refractivity contribution >= 4 is 29.0 Å². The van der Waals surface area contributed by atoms with E-state index in [1.807, 2.05) is 48.5 Å². The predicted octanol–water partition coefficient (Wildman–Crippen LogP) is 8.55. The minimum Gasteiger partial charge on any atom is -0.497 e. The zero-order chi connectivity index (χ0) is 31.5. The number of ether oxygens (including phenoxy) is 2. The largest absolute Gasteiger partial charge is 0.497 e. The van der Waals surface area contributed by atoms with Crippen LogP contribution in [0.5, 0.6) is 11.5 Å². The second-order valence-corrected chi connectivity index (χ2v) is 12.0. The number of methoxy groups -OCH3 is 1. The highest BCUT2D eigenvalue weighted by atomic mass is 35.5. The summed E-state index contributed by atoms with van der Waals surface area (Å²) < 4.78 is 11.0. The van der Waals surface area contributed by atoms with Gasteiger partial charge in [0.2, 0.25) is 0 Å². The highest BCUT2D eigenvalue weighted by molar-refractivity contribution is 6.30. The fourth-order valence-corrected chi connectivity index (χ4v) is 5.59. The van der Waals surface area contributed by atoms with Crippen molar-refractivity contribution in [2.75, 3.05) is 25.2 Å². The Bertz CT molecular complexity index is 1850. The van der Waals surface area contributed by atoms with Gasteiger partial charge in [-0.3, -0.25) is 14.5 Å². The van der Waals surface area contributed by atoms with Gasteiger partial charge in [0.15, 0.2) is 12.4 Å². The molecular weight excluding hydrogens is 584 g/mol. The van der Waals surface area contributed by atoms with Crippen LogP contribution < -0.4 is 14.4 Å². The Kier molecular flexibility index (Phi) is 8.67. The number of ketones is 1. The van der Waals surface area contributed by atoms with E-state index in [2.05, 4.69) is 44.2 Å². The Labute approximate surface area is 268 Å². The molecule has 7 heteroatoms. The van der Waals surface area contributed by atoms with Gasteiger partial charge in [-0.15, -0.1) is 0 Å². The van der Waals surface area contributed by atoms with Crippen LogP contribution in [0.15, 0.2) is 103 Å². The Hall–Kier alpha value is -4.94. The molecule has 0 saturated carbocycles. The quantitative estimate of drug-likeness (QED) is 0.155. The van der Waals surface area contributed by atoms with Gasteiger partial charge in [0.25, 0.3) is 5.91 Å². The molecule has 45 heavy (non-hydrogen) atoms. The summed E-state index contributed by atoms with van der Waals surface area (Å²) in [7, 11) is 1.57. The van der Waals surface area contributed by atoms with E-state index in [0.717, 1.165) is 40.1 Å². The zero-order valence-corrected chi connectivity index (χ0v) is 26.2. The standard InChI is InChI=1S/C38H33ClN2O4/c1-24(2)18-25-4-6-27(7-5-25)33-19-30(26-8-13-31(39)14-9-26)20-34(40-33)29-12-17-37-35(21-29)41(38(43)23-45-37)22-36(42)28-10-15-32(44-3)16-11-28/h4-17,19-21,24H,18,22-23H2,1-3H3. The second-order valence-electron chi connectivity index (χ2n) is 11.5. The minimum absolute atomic E-state index is 0.114. The number of halogens is 1. The first-order valence-electron chi connectivity index (χ1n) is 14.9. The van der Waals surface area contributed by atoms with Crippen LogP contribution >= 0.6 is 11.6 Å². The summed E-state index contributed by atoms with van der Waals surface area (Å²) in [5, 5.41) is 0.664. The van der Waals surface area contributed by atoms with E-state index in [1.54, 1.807) is 31.4 Å². The van der Waals surface area contributed by atoms with Crippen LogP contribution in [-0.4, -0.2) is 36.9 Å². The van der Waals surface area contributed by atoms with Gasteiger partial charge in [0.1, 0.15) is 11.5 Å². The molecule has 0 bridgehead atoms. The molecule has 0 N–H and O–H groups in total. The summed E-state index contributed by atoms with van der Waals surface area (Å²) in [6.45, 7) is 4.18. The molecule has 0 fully saturated rings. The summed E-state index contributed by atoms with van der Waals surface area (Å²) in [4.78, 5) is 32.9. The van der Waals surface area contributed by atoms with Crippen molar-refractivity contribution in [2.45, 2.75) is 20.3 Å². The molecule has 4 aromatic carbocycles. The van der Waals surface area contributed by atoms with Crippen molar-refractivity contribution in [3.63, 3.8) is 0 Å². The number of nitrogens with zero attached hydrogens (tertiary/aromatic N) is 2. The molecule has 0 radical (unpaired) electrons. The molecule has 0 saturated heterocycles. The molecule has 1 aromatic heterocycles. The highest BCUT2D eigenvalue weighted by Gasteiger charge is 2.28. The first kappa shape index (κ1) is 30.1. The highest BCUT2D eigenvalue weighted by Crippen LogP contribution is 2.38. The maximum Gasteiger partial charge on any atom is 0.265 e. The number of hydrogen-bond donors (Lipinski definition) is 0. The van der Waals surface area contributed by atoms with Crippen LogP contribution in [0.4, 0.5) is 5.69 Å². The fraction of sp³-hybridized carbons (Fsp3) is 0.184.